The van der Waals surface area contributed by atoms with Gasteiger partial charge in [0.05, 0.1) is 11.9 Å². The van der Waals surface area contributed by atoms with Crippen molar-refractivity contribution < 1.29 is 9.62 Å². The lowest BCUT2D eigenvalue weighted by Crippen LogP contribution is -2.12. The molecule has 4 aromatic rings. The van der Waals surface area contributed by atoms with Crippen molar-refractivity contribution >= 4 is 5.71 Å². The van der Waals surface area contributed by atoms with Gasteiger partial charge in [-0.05, 0) is 54.8 Å². The highest BCUT2D eigenvalue weighted by Gasteiger charge is 2.20. The molecule has 0 fully saturated rings. The van der Waals surface area contributed by atoms with E-state index < -0.39 is 0 Å². The molecule has 1 N–H and O–H groups in total. The summed E-state index contributed by atoms with van der Waals surface area (Å²) in [7, 11) is 0. The summed E-state index contributed by atoms with van der Waals surface area (Å²) < 4.78 is 5.41. The van der Waals surface area contributed by atoms with Crippen LogP contribution in [0.1, 0.15) is 40.3 Å². The van der Waals surface area contributed by atoms with Gasteiger partial charge in [-0.25, -0.2) is 4.98 Å². The first-order valence-corrected chi connectivity index (χ1v) is 9.85. The fourth-order valence-electron chi connectivity index (χ4n) is 3.74. The third kappa shape index (κ3) is 4.15. The van der Waals surface area contributed by atoms with Gasteiger partial charge in [0.25, 0.3) is 0 Å². The molecule has 0 unspecified atom stereocenters. The van der Waals surface area contributed by atoms with Crippen LogP contribution < -0.4 is 0 Å². The van der Waals surface area contributed by atoms with Crippen molar-refractivity contribution in [2.24, 2.45) is 5.16 Å². The van der Waals surface area contributed by atoms with Crippen molar-refractivity contribution in [3.63, 3.8) is 0 Å². The second-order valence-corrected chi connectivity index (χ2v) is 7.31. The second-order valence-electron chi connectivity index (χ2n) is 7.31. The Labute approximate surface area is 175 Å². The van der Waals surface area contributed by atoms with E-state index in [1.165, 1.54) is 11.1 Å². The lowest BCUT2D eigenvalue weighted by atomic mass is 9.83. The Kier molecular flexibility index (Phi) is 5.70. The summed E-state index contributed by atoms with van der Waals surface area (Å²) in [5, 5.41) is 13.4. The van der Waals surface area contributed by atoms with Crippen LogP contribution in [-0.2, 0) is 0 Å². The summed E-state index contributed by atoms with van der Waals surface area (Å²) in [5.41, 5.74) is 6.84. The molecule has 5 nitrogen and oxygen atoms in total. The smallest absolute Gasteiger partial charge is 0.225 e. The van der Waals surface area contributed by atoms with Gasteiger partial charge in [0, 0.05) is 35.4 Å². The lowest BCUT2D eigenvalue weighted by Gasteiger charge is -2.21. The molecule has 150 valence electrons. The molecule has 0 bridgehead atoms. The van der Waals surface area contributed by atoms with E-state index in [0.717, 1.165) is 22.4 Å². The van der Waals surface area contributed by atoms with Crippen molar-refractivity contribution in [3.05, 3.63) is 107 Å². The van der Waals surface area contributed by atoms with Crippen LogP contribution in [0.5, 0.6) is 0 Å². The second kappa shape index (κ2) is 8.74. The summed E-state index contributed by atoms with van der Waals surface area (Å²) in [6, 6.07) is 20.3. The Morgan fingerprint density at radius 1 is 1.00 bits per heavy atom. The number of hydrogen-bond acceptors (Lipinski definition) is 5. The molecule has 0 aliphatic heterocycles. The zero-order chi connectivity index (χ0) is 20.9. The van der Waals surface area contributed by atoms with Gasteiger partial charge >= 0.3 is 0 Å². The zero-order valence-corrected chi connectivity index (χ0v) is 17.0. The van der Waals surface area contributed by atoms with Gasteiger partial charge in [-0.3, -0.25) is 4.98 Å². The molecular weight excluding hydrogens is 374 g/mol. The van der Waals surface area contributed by atoms with E-state index in [-0.39, 0.29) is 5.92 Å². The Balaban J connectivity index is 1.73. The van der Waals surface area contributed by atoms with E-state index in [2.05, 4.69) is 46.3 Å². The summed E-state index contributed by atoms with van der Waals surface area (Å²) in [6.45, 7) is 4.04. The summed E-state index contributed by atoms with van der Waals surface area (Å²) in [4.78, 5) is 8.47. The van der Waals surface area contributed by atoms with Gasteiger partial charge in [-0.15, -0.1) is 0 Å². The van der Waals surface area contributed by atoms with E-state index in [1.54, 1.807) is 18.7 Å². The van der Waals surface area contributed by atoms with Gasteiger partial charge < -0.3 is 9.62 Å². The molecule has 0 amide bonds. The number of aryl methyl sites for hydroxylation is 2. The minimum atomic E-state index is 0.0316. The van der Waals surface area contributed by atoms with E-state index in [0.29, 0.717) is 18.0 Å². The third-order valence-electron chi connectivity index (χ3n) is 5.30. The molecule has 0 aliphatic carbocycles. The van der Waals surface area contributed by atoms with Crippen LogP contribution in [0.3, 0.4) is 0 Å². The number of rotatable bonds is 6. The molecule has 0 spiro atoms. The van der Waals surface area contributed by atoms with Crippen LogP contribution in [0.15, 0.2) is 88.9 Å². The number of oxime groups is 1. The van der Waals surface area contributed by atoms with Crippen LogP contribution in [0.4, 0.5) is 0 Å². The molecule has 2 aromatic carbocycles. The largest absolute Gasteiger partial charge is 0.445 e. The standard InChI is InChI=1S/C25H23N3O2/c1-17-5-3-4-6-22(17)23(16-24(28-29)21-11-12-26-18(2)15-21)19-7-9-20(10-8-19)25-27-13-14-30-25/h3-15,23,29H,16H2,1-2H3/b28-24-/t23-/m1/s1. The van der Waals surface area contributed by atoms with E-state index >= 15 is 0 Å². The Hall–Kier alpha value is -3.73. The van der Waals surface area contributed by atoms with E-state index in [1.807, 2.05) is 43.3 Å². The minimum absolute atomic E-state index is 0.0316. The molecule has 2 heterocycles. The van der Waals surface area contributed by atoms with Crippen molar-refractivity contribution in [1.29, 1.82) is 0 Å². The Morgan fingerprint density at radius 2 is 1.80 bits per heavy atom. The van der Waals surface area contributed by atoms with E-state index in [9.17, 15) is 5.21 Å². The molecule has 0 radical (unpaired) electrons. The van der Waals surface area contributed by atoms with Crippen LogP contribution in [0, 0.1) is 13.8 Å². The first-order chi connectivity index (χ1) is 14.7. The first-order valence-electron chi connectivity index (χ1n) is 9.85. The number of hydrogen-bond donors (Lipinski definition) is 1. The molecular formula is C25H23N3O2. The van der Waals surface area contributed by atoms with Gasteiger partial charge in [0.1, 0.15) is 6.26 Å². The summed E-state index contributed by atoms with van der Waals surface area (Å²) >= 11 is 0. The number of pyridine rings is 1. The highest BCUT2D eigenvalue weighted by atomic mass is 16.4. The monoisotopic (exact) mass is 397 g/mol. The molecule has 0 aliphatic rings. The van der Waals surface area contributed by atoms with Gasteiger partial charge in [0.2, 0.25) is 5.89 Å². The fraction of sp³-hybridized carbons (Fsp3) is 0.160. The predicted molar refractivity (Wildman–Crippen MR) is 117 cm³/mol. The maximum absolute atomic E-state index is 9.80. The summed E-state index contributed by atoms with van der Waals surface area (Å²) in [5.74, 6) is 0.628. The fourth-order valence-corrected chi connectivity index (χ4v) is 3.74. The number of benzene rings is 2. The average Bonchev–Trinajstić information content (AvgIpc) is 3.31. The molecule has 0 saturated heterocycles. The molecule has 2 aromatic heterocycles. The van der Waals surface area contributed by atoms with Crippen molar-refractivity contribution in [1.82, 2.24) is 9.97 Å². The SMILES string of the molecule is Cc1cc(/C(C[C@H](c2ccc(-c3ncco3)cc2)c2ccccc2C)=N\O)ccn1. The normalized spacial score (nSPS) is 12.7. The van der Waals surface area contributed by atoms with Crippen LogP contribution in [0.25, 0.3) is 11.5 Å². The Bertz CT molecular complexity index is 1150. The van der Waals surface area contributed by atoms with Crippen molar-refractivity contribution in [2.75, 3.05) is 0 Å². The molecule has 0 saturated carbocycles. The first kappa shape index (κ1) is 19.6. The zero-order valence-electron chi connectivity index (χ0n) is 17.0. The van der Waals surface area contributed by atoms with Gasteiger partial charge in [-0.1, -0.05) is 41.6 Å². The quantitative estimate of drug-likeness (QED) is 0.255. The van der Waals surface area contributed by atoms with Gasteiger partial charge in [-0.2, -0.15) is 0 Å². The summed E-state index contributed by atoms with van der Waals surface area (Å²) in [6.07, 6.45) is 5.51. The third-order valence-corrected chi connectivity index (χ3v) is 5.30. The predicted octanol–water partition coefficient (Wildman–Crippen LogP) is 5.75. The lowest BCUT2D eigenvalue weighted by molar-refractivity contribution is 0.317. The van der Waals surface area contributed by atoms with Crippen LogP contribution >= 0.6 is 0 Å². The van der Waals surface area contributed by atoms with Crippen molar-refractivity contribution in [2.45, 2.75) is 26.2 Å². The Morgan fingerprint density at radius 3 is 2.47 bits per heavy atom. The maximum Gasteiger partial charge on any atom is 0.225 e. The highest BCUT2D eigenvalue weighted by molar-refractivity contribution is 6.01. The average molecular weight is 397 g/mol. The van der Waals surface area contributed by atoms with Crippen LogP contribution in [-0.4, -0.2) is 20.9 Å². The van der Waals surface area contributed by atoms with Crippen molar-refractivity contribution in [3.8, 4) is 11.5 Å². The number of nitrogens with zero attached hydrogens (tertiary/aromatic N) is 3. The van der Waals surface area contributed by atoms with Gasteiger partial charge in [0.15, 0.2) is 0 Å². The molecule has 4 rings (SSSR count). The number of oxazole rings is 1. The molecule has 5 heteroatoms. The molecule has 30 heavy (non-hydrogen) atoms. The maximum atomic E-state index is 9.80. The molecule has 1 atom stereocenters. The number of aromatic nitrogens is 2. The van der Waals surface area contributed by atoms with Crippen LogP contribution in [0.2, 0.25) is 0 Å². The minimum Gasteiger partial charge on any atom is -0.445 e. The van der Waals surface area contributed by atoms with E-state index in [4.69, 9.17) is 4.42 Å². The topological polar surface area (TPSA) is 71.5 Å². The highest BCUT2D eigenvalue weighted by Crippen LogP contribution is 2.33.